The number of rotatable bonds is 9. The molecule has 176 valence electrons. The van der Waals surface area contributed by atoms with Crippen LogP contribution in [0, 0.1) is 0 Å². The van der Waals surface area contributed by atoms with Gasteiger partial charge < -0.3 is 14.3 Å². The zero-order valence-corrected chi connectivity index (χ0v) is 17.2. The number of aldehydes is 1. The van der Waals surface area contributed by atoms with E-state index in [0.29, 0.717) is 6.29 Å². The van der Waals surface area contributed by atoms with Gasteiger partial charge in [-0.3, -0.25) is 4.79 Å². The van der Waals surface area contributed by atoms with Crippen molar-refractivity contribution in [2.45, 2.75) is 56.6 Å². The normalized spacial score (nSPS) is 13.5. The first-order chi connectivity index (χ1) is 13.9. The second-order valence-corrected chi connectivity index (χ2v) is 8.62. The van der Waals surface area contributed by atoms with Crippen LogP contribution in [0.5, 0.6) is 5.75 Å². The number of carbonyl (C=O) groups excluding carboxylic acids is 2. The SMILES string of the molecule is CC(C)c1cc(C=O)cc(C(C)C)c1OS(=O)(=O)C(F)(F)C(F)(F)C(F)(F)C(=O)O[O-]. The van der Waals surface area contributed by atoms with E-state index in [4.69, 9.17) is 0 Å². The van der Waals surface area contributed by atoms with Crippen LogP contribution in [0.15, 0.2) is 12.1 Å². The van der Waals surface area contributed by atoms with Crippen molar-refractivity contribution in [1.29, 1.82) is 0 Å². The molecular formula is C17H17F6O7S-. The summed E-state index contributed by atoms with van der Waals surface area (Å²) in [6, 6.07) is 2.10. The first kappa shape index (κ1) is 26.7. The van der Waals surface area contributed by atoms with Crippen molar-refractivity contribution in [3.05, 3.63) is 28.8 Å². The van der Waals surface area contributed by atoms with Crippen LogP contribution in [0.1, 0.15) is 61.0 Å². The number of benzene rings is 1. The maximum Gasteiger partial charge on any atom is 0.449 e. The van der Waals surface area contributed by atoms with Crippen LogP contribution in [0.4, 0.5) is 26.3 Å². The van der Waals surface area contributed by atoms with Gasteiger partial charge in [0, 0.05) is 5.56 Å². The van der Waals surface area contributed by atoms with Crippen molar-refractivity contribution in [2.24, 2.45) is 0 Å². The highest BCUT2D eigenvalue weighted by Gasteiger charge is 2.81. The Kier molecular flexibility index (Phi) is 7.45. The van der Waals surface area contributed by atoms with E-state index in [0.717, 1.165) is 12.1 Å². The number of halogens is 6. The molecule has 1 rings (SSSR count). The van der Waals surface area contributed by atoms with Crippen molar-refractivity contribution >= 4 is 22.4 Å². The molecule has 0 aliphatic rings. The molecule has 0 saturated heterocycles. The average molecular weight is 479 g/mol. The number of alkyl halides is 6. The zero-order chi connectivity index (χ0) is 24.6. The number of carbonyl (C=O) groups is 2. The van der Waals surface area contributed by atoms with Crippen molar-refractivity contribution < 1.29 is 58.7 Å². The molecule has 1 aromatic rings. The Morgan fingerprint density at radius 1 is 1.00 bits per heavy atom. The Balaban J connectivity index is 3.72. The summed E-state index contributed by atoms with van der Waals surface area (Å²) in [5.74, 6) is -19.3. The molecule has 0 fully saturated rings. The van der Waals surface area contributed by atoms with Gasteiger partial charge in [-0.25, -0.2) is 4.79 Å². The summed E-state index contributed by atoms with van der Waals surface area (Å²) in [5.41, 5.74) is -0.345. The molecule has 0 atom stereocenters. The Labute approximate surface area is 173 Å². The lowest BCUT2D eigenvalue weighted by Gasteiger charge is -2.31. The highest BCUT2D eigenvalue weighted by atomic mass is 32.2. The molecule has 0 aliphatic heterocycles. The molecule has 0 saturated carbocycles. The van der Waals surface area contributed by atoms with Gasteiger partial charge in [-0.15, -0.1) is 0 Å². The van der Waals surface area contributed by atoms with Crippen molar-refractivity contribution in [2.75, 3.05) is 0 Å². The molecule has 0 radical (unpaired) electrons. The Bertz CT molecular complexity index is 929. The van der Waals surface area contributed by atoms with Crippen LogP contribution in [0.25, 0.3) is 0 Å². The van der Waals surface area contributed by atoms with Crippen molar-refractivity contribution in [3.63, 3.8) is 0 Å². The van der Waals surface area contributed by atoms with Crippen LogP contribution in [-0.4, -0.2) is 37.8 Å². The largest absolute Gasteiger partial charge is 0.661 e. The molecule has 14 heteroatoms. The Morgan fingerprint density at radius 2 is 1.42 bits per heavy atom. The van der Waals surface area contributed by atoms with E-state index >= 15 is 0 Å². The monoisotopic (exact) mass is 479 g/mol. The standard InChI is InChI=1S/C17H18F6O7S/c1-8(2)11-5-10(7-24)6-12(9(3)4)13(11)30-31(27,28)17(22,23)16(20,21)15(18,19)14(25)29-26/h5-9,26H,1-4H3/p-1. The van der Waals surface area contributed by atoms with Crippen molar-refractivity contribution in [1.82, 2.24) is 0 Å². The van der Waals surface area contributed by atoms with Crippen LogP contribution >= 0.6 is 0 Å². The Hall–Kier alpha value is -2.35. The minimum absolute atomic E-state index is 0.0148. The molecule has 0 spiro atoms. The Morgan fingerprint density at radius 3 is 1.74 bits per heavy atom. The number of hydrogen-bond acceptors (Lipinski definition) is 7. The molecule has 0 heterocycles. The number of hydrogen-bond donors (Lipinski definition) is 0. The lowest BCUT2D eigenvalue weighted by molar-refractivity contribution is -0.660. The molecule has 0 amide bonds. The van der Waals surface area contributed by atoms with Gasteiger partial charge in [0.1, 0.15) is 12.0 Å². The van der Waals surface area contributed by atoms with Gasteiger partial charge in [-0.1, -0.05) is 27.7 Å². The van der Waals surface area contributed by atoms with Gasteiger partial charge >= 0.3 is 33.2 Å². The van der Waals surface area contributed by atoms with E-state index in [-0.39, 0.29) is 16.7 Å². The van der Waals surface area contributed by atoms with E-state index in [1.165, 1.54) is 27.7 Å². The molecule has 0 unspecified atom stereocenters. The molecule has 0 aromatic heterocycles. The van der Waals surface area contributed by atoms with Gasteiger partial charge in [0.15, 0.2) is 0 Å². The summed E-state index contributed by atoms with van der Waals surface area (Å²) in [4.78, 5) is 23.9. The molecule has 31 heavy (non-hydrogen) atoms. The van der Waals surface area contributed by atoms with Gasteiger partial charge in [0.25, 0.3) is 0 Å². The fourth-order valence-electron chi connectivity index (χ4n) is 2.40. The predicted octanol–water partition coefficient (Wildman–Crippen LogP) is 3.14. The van der Waals surface area contributed by atoms with E-state index in [1.807, 2.05) is 0 Å². The highest BCUT2D eigenvalue weighted by Crippen LogP contribution is 2.50. The lowest BCUT2D eigenvalue weighted by atomic mass is 9.92. The summed E-state index contributed by atoms with van der Waals surface area (Å²) in [6.45, 7) is 5.72. The summed E-state index contributed by atoms with van der Waals surface area (Å²) in [6.07, 6.45) is 0.355. The molecule has 1 aromatic carbocycles. The highest BCUT2D eigenvalue weighted by molar-refractivity contribution is 7.88. The third kappa shape index (κ3) is 4.49. The van der Waals surface area contributed by atoms with Crippen LogP contribution in [0.3, 0.4) is 0 Å². The van der Waals surface area contributed by atoms with Gasteiger partial charge in [-0.05, 0) is 35.1 Å². The third-order valence-corrected chi connectivity index (χ3v) is 5.42. The van der Waals surface area contributed by atoms with E-state index in [2.05, 4.69) is 9.07 Å². The maximum absolute atomic E-state index is 14.2. The van der Waals surface area contributed by atoms with E-state index < -0.39 is 50.8 Å². The molecule has 0 aliphatic carbocycles. The minimum Gasteiger partial charge on any atom is -0.661 e. The fourth-order valence-corrected chi connectivity index (χ4v) is 3.36. The summed E-state index contributed by atoms with van der Waals surface area (Å²) >= 11 is 0. The van der Waals surface area contributed by atoms with Crippen LogP contribution < -0.4 is 9.44 Å². The first-order valence-corrected chi connectivity index (χ1v) is 9.84. The second kappa shape index (κ2) is 8.65. The second-order valence-electron chi connectivity index (χ2n) is 7.03. The molecule has 0 bridgehead atoms. The summed E-state index contributed by atoms with van der Waals surface area (Å²) < 4.78 is 111. The molecule has 0 N–H and O–H groups in total. The first-order valence-electron chi connectivity index (χ1n) is 8.43. The van der Waals surface area contributed by atoms with E-state index in [1.54, 1.807) is 0 Å². The topological polar surface area (TPSA) is 110 Å². The summed E-state index contributed by atoms with van der Waals surface area (Å²) in [5, 5.41) is 3.10. The van der Waals surface area contributed by atoms with Crippen LogP contribution in [0.2, 0.25) is 0 Å². The zero-order valence-electron chi connectivity index (χ0n) is 16.4. The predicted molar refractivity (Wildman–Crippen MR) is 90.5 cm³/mol. The summed E-state index contributed by atoms with van der Waals surface area (Å²) in [7, 11) is -6.89. The quantitative estimate of drug-likeness (QED) is 0.176. The lowest BCUT2D eigenvalue weighted by Crippen LogP contribution is -2.62. The average Bonchev–Trinajstić information content (AvgIpc) is 2.65. The third-order valence-electron chi connectivity index (χ3n) is 4.15. The molecular weight excluding hydrogens is 462 g/mol. The van der Waals surface area contributed by atoms with Gasteiger partial charge in [-0.2, -0.15) is 34.8 Å². The van der Waals surface area contributed by atoms with Gasteiger partial charge in [0.2, 0.25) is 0 Å². The molecule has 7 nitrogen and oxygen atoms in total. The minimum atomic E-state index is -6.92. The van der Waals surface area contributed by atoms with Crippen LogP contribution in [-0.2, 0) is 19.8 Å². The van der Waals surface area contributed by atoms with Crippen molar-refractivity contribution in [3.8, 4) is 5.75 Å². The van der Waals surface area contributed by atoms with E-state index in [9.17, 15) is 49.6 Å². The fraction of sp³-hybridized carbons (Fsp3) is 0.529. The maximum atomic E-state index is 14.2. The van der Waals surface area contributed by atoms with Gasteiger partial charge in [0.05, 0.1) is 0 Å². The smallest absolute Gasteiger partial charge is 0.449 e.